The third-order valence-electron chi connectivity index (χ3n) is 4.36. The number of amides is 2. The smallest absolute Gasteiger partial charge is 0.311 e. The first-order valence-corrected chi connectivity index (χ1v) is 9.46. The fourth-order valence-corrected chi connectivity index (χ4v) is 3.95. The van der Waals surface area contributed by atoms with Crippen LogP contribution >= 0.6 is 23.4 Å². The van der Waals surface area contributed by atoms with Crippen molar-refractivity contribution in [2.24, 2.45) is 5.92 Å². The van der Waals surface area contributed by atoms with Crippen LogP contribution in [0, 0.1) is 5.92 Å². The van der Waals surface area contributed by atoms with Crippen molar-refractivity contribution >= 4 is 46.6 Å². The van der Waals surface area contributed by atoms with E-state index in [9.17, 15) is 14.4 Å². The summed E-state index contributed by atoms with van der Waals surface area (Å²) in [5.41, 5.74) is 0.583. The Balaban J connectivity index is 1.59. The van der Waals surface area contributed by atoms with Gasteiger partial charge in [-0.1, -0.05) is 37.3 Å². The molecule has 0 radical (unpaired) electrons. The highest BCUT2D eigenvalue weighted by Crippen LogP contribution is 2.31. The molecule has 2 fully saturated rings. The maximum atomic E-state index is 12.0. The molecule has 1 aliphatic heterocycles. The van der Waals surface area contributed by atoms with E-state index in [0.29, 0.717) is 28.7 Å². The van der Waals surface area contributed by atoms with Crippen molar-refractivity contribution in [2.75, 3.05) is 0 Å². The molecular formula is C18H18ClNO4S. The summed E-state index contributed by atoms with van der Waals surface area (Å²) >= 11 is 7.02. The normalized spacial score (nSPS) is 19.5. The number of carbonyl (C=O) groups is 3. The highest BCUT2D eigenvalue weighted by atomic mass is 35.5. The Kier molecular flexibility index (Phi) is 5.81. The lowest BCUT2D eigenvalue weighted by molar-refractivity contribution is -0.134. The van der Waals surface area contributed by atoms with Gasteiger partial charge in [0.25, 0.3) is 11.1 Å². The van der Waals surface area contributed by atoms with E-state index in [1.165, 1.54) is 25.7 Å². The second-order valence-corrected chi connectivity index (χ2v) is 7.62. The Labute approximate surface area is 155 Å². The van der Waals surface area contributed by atoms with Gasteiger partial charge >= 0.3 is 5.97 Å². The number of imide groups is 1. The van der Waals surface area contributed by atoms with Gasteiger partial charge in [-0.15, -0.1) is 0 Å². The minimum absolute atomic E-state index is 0.259. The monoisotopic (exact) mass is 379 g/mol. The number of rotatable bonds is 5. The average Bonchev–Trinajstić information content (AvgIpc) is 3.18. The second kappa shape index (κ2) is 8.06. The van der Waals surface area contributed by atoms with Gasteiger partial charge in [-0.3, -0.25) is 19.7 Å². The van der Waals surface area contributed by atoms with Crippen LogP contribution in [-0.2, 0) is 9.59 Å². The highest BCUT2D eigenvalue weighted by molar-refractivity contribution is 8.18. The number of hydrogen-bond donors (Lipinski definition) is 1. The van der Waals surface area contributed by atoms with Crippen LogP contribution in [0.4, 0.5) is 4.79 Å². The first-order chi connectivity index (χ1) is 12.0. The van der Waals surface area contributed by atoms with Crippen LogP contribution in [0.5, 0.6) is 5.75 Å². The van der Waals surface area contributed by atoms with Crippen molar-refractivity contribution < 1.29 is 19.1 Å². The number of nitrogens with one attached hydrogen (secondary N) is 1. The topological polar surface area (TPSA) is 72.5 Å². The Bertz CT molecular complexity index is 741. The molecule has 1 heterocycles. The summed E-state index contributed by atoms with van der Waals surface area (Å²) in [5, 5.41) is 2.13. The fraction of sp³-hybridized carbons (Fsp3) is 0.389. The van der Waals surface area contributed by atoms with Crippen molar-refractivity contribution in [3.63, 3.8) is 0 Å². The van der Waals surface area contributed by atoms with Gasteiger partial charge in [0.05, 0.1) is 9.93 Å². The third-order valence-corrected chi connectivity index (χ3v) is 5.50. The van der Waals surface area contributed by atoms with Gasteiger partial charge < -0.3 is 4.74 Å². The molecule has 0 aromatic heterocycles. The number of hydrogen-bond acceptors (Lipinski definition) is 5. The average molecular weight is 380 g/mol. The predicted octanol–water partition coefficient (Wildman–Crippen LogP) is 4.54. The molecule has 1 aliphatic carbocycles. The van der Waals surface area contributed by atoms with Crippen molar-refractivity contribution in [3.8, 4) is 5.75 Å². The van der Waals surface area contributed by atoms with E-state index in [1.807, 2.05) is 0 Å². The van der Waals surface area contributed by atoms with Gasteiger partial charge in [-0.2, -0.15) is 0 Å². The van der Waals surface area contributed by atoms with E-state index >= 15 is 0 Å². The largest absolute Gasteiger partial charge is 0.426 e. The molecule has 3 rings (SSSR count). The first-order valence-electron chi connectivity index (χ1n) is 8.26. The minimum atomic E-state index is -0.437. The van der Waals surface area contributed by atoms with E-state index in [-0.39, 0.29) is 10.9 Å². The highest BCUT2D eigenvalue weighted by Gasteiger charge is 2.25. The van der Waals surface area contributed by atoms with Crippen LogP contribution in [0.1, 0.15) is 44.1 Å². The summed E-state index contributed by atoms with van der Waals surface area (Å²) in [4.78, 5) is 35.0. The molecule has 0 spiro atoms. The predicted molar refractivity (Wildman–Crippen MR) is 97.4 cm³/mol. The lowest BCUT2D eigenvalue weighted by atomic mass is 10.0. The van der Waals surface area contributed by atoms with Crippen LogP contribution in [0.3, 0.4) is 0 Å². The molecule has 1 saturated heterocycles. The van der Waals surface area contributed by atoms with Gasteiger partial charge in [0.15, 0.2) is 0 Å². The number of carbonyl (C=O) groups excluding carboxylic acids is 3. The summed E-state index contributed by atoms with van der Waals surface area (Å²) in [6.45, 7) is 0. The van der Waals surface area contributed by atoms with Crippen LogP contribution in [0.15, 0.2) is 23.1 Å². The second-order valence-electron chi connectivity index (χ2n) is 6.20. The maximum absolute atomic E-state index is 12.0. The molecule has 1 N–H and O–H groups in total. The van der Waals surface area contributed by atoms with E-state index in [4.69, 9.17) is 16.3 Å². The molecule has 1 aromatic rings. The molecular weight excluding hydrogens is 362 g/mol. The van der Waals surface area contributed by atoms with Crippen molar-refractivity contribution in [2.45, 2.75) is 38.5 Å². The number of halogens is 1. The SMILES string of the molecule is O=C(CCC1CCCC1)Oc1ccc(/C=C2\SC(=O)NC2=O)c(Cl)c1. The lowest BCUT2D eigenvalue weighted by Crippen LogP contribution is -2.17. The molecule has 7 heteroatoms. The van der Waals surface area contributed by atoms with Gasteiger partial charge in [0, 0.05) is 12.5 Å². The molecule has 1 aromatic carbocycles. The minimum Gasteiger partial charge on any atom is -0.426 e. The number of ether oxygens (including phenoxy) is 1. The van der Waals surface area contributed by atoms with E-state index in [1.54, 1.807) is 24.3 Å². The zero-order valence-electron chi connectivity index (χ0n) is 13.5. The van der Waals surface area contributed by atoms with Crippen molar-refractivity contribution in [1.82, 2.24) is 5.32 Å². The summed E-state index contributed by atoms with van der Waals surface area (Å²) < 4.78 is 5.34. The van der Waals surface area contributed by atoms with Crippen LogP contribution in [0.2, 0.25) is 5.02 Å². The van der Waals surface area contributed by atoms with Gasteiger partial charge in [-0.25, -0.2) is 0 Å². The zero-order valence-corrected chi connectivity index (χ0v) is 15.1. The molecule has 1 saturated carbocycles. The van der Waals surface area contributed by atoms with E-state index in [0.717, 1.165) is 18.2 Å². The zero-order chi connectivity index (χ0) is 17.8. The molecule has 5 nitrogen and oxygen atoms in total. The summed E-state index contributed by atoms with van der Waals surface area (Å²) in [5.74, 6) is 0.324. The maximum Gasteiger partial charge on any atom is 0.311 e. The Morgan fingerprint density at radius 3 is 2.72 bits per heavy atom. The summed E-state index contributed by atoms with van der Waals surface area (Å²) in [6, 6.07) is 4.83. The van der Waals surface area contributed by atoms with Crippen molar-refractivity contribution in [1.29, 1.82) is 0 Å². The van der Waals surface area contributed by atoms with Gasteiger partial charge in [0.1, 0.15) is 5.75 Å². The molecule has 0 bridgehead atoms. The first kappa shape index (κ1) is 18.0. The molecule has 25 heavy (non-hydrogen) atoms. The Morgan fingerprint density at radius 2 is 2.08 bits per heavy atom. The van der Waals surface area contributed by atoms with E-state index in [2.05, 4.69) is 5.32 Å². The molecule has 0 unspecified atom stereocenters. The van der Waals surface area contributed by atoms with Crippen LogP contribution in [0.25, 0.3) is 6.08 Å². The standard InChI is InChI=1S/C18H18ClNO4S/c19-14-10-13(24-16(21)8-5-11-3-1-2-4-11)7-6-12(14)9-15-17(22)20-18(23)25-15/h6-7,9-11H,1-5,8H2,(H,20,22,23)/b15-9-. The summed E-state index contributed by atoms with van der Waals surface area (Å²) in [7, 11) is 0. The number of benzene rings is 1. The molecule has 132 valence electrons. The molecule has 0 atom stereocenters. The molecule has 2 amide bonds. The quantitative estimate of drug-likeness (QED) is 0.462. The molecule has 2 aliphatic rings. The van der Waals surface area contributed by atoms with Crippen LogP contribution < -0.4 is 10.1 Å². The lowest BCUT2D eigenvalue weighted by Gasteiger charge is -2.09. The fourth-order valence-electron chi connectivity index (χ4n) is 3.05. The van der Waals surface area contributed by atoms with Crippen LogP contribution in [-0.4, -0.2) is 17.1 Å². The van der Waals surface area contributed by atoms with Gasteiger partial charge in [0.2, 0.25) is 0 Å². The third kappa shape index (κ3) is 4.86. The van der Waals surface area contributed by atoms with Crippen molar-refractivity contribution in [3.05, 3.63) is 33.7 Å². The number of esters is 1. The summed E-state index contributed by atoms with van der Waals surface area (Å²) in [6.07, 6.45) is 7.75. The number of thioether (sulfide) groups is 1. The Hall–Kier alpha value is -1.79. The Morgan fingerprint density at radius 1 is 1.32 bits per heavy atom. The van der Waals surface area contributed by atoms with Gasteiger partial charge in [-0.05, 0) is 47.9 Å². The van der Waals surface area contributed by atoms with E-state index < -0.39 is 11.1 Å².